The smallest absolute Gasteiger partial charge is 0.279 e. The average molecular weight is 318 g/mol. The number of nitrogens with one attached hydrogen (secondary N) is 2. The number of benzene rings is 2. The molecule has 1 atom stereocenters. The van der Waals surface area contributed by atoms with Gasteiger partial charge in [0.2, 0.25) is 0 Å². The normalized spacial score (nSPS) is 12.0. The minimum atomic E-state index is 0.0215. The molecule has 0 aliphatic carbocycles. The molecule has 0 fully saturated rings. The Labute approximate surface area is 136 Å². The van der Waals surface area contributed by atoms with E-state index in [0.29, 0.717) is 6.54 Å². The molecule has 2 N–H and O–H groups in total. The molecule has 116 valence electrons. The summed E-state index contributed by atoms with van der Waals surface area (Å²) in [5, 5.41) is 3.72. The van der Waals surface area contributed by atoms with Gasteiger partial charge in [-0.3, -0.25) is 4.79 Å². The Bertz CT molecular complexity index is 670. The first-order chi connectivity index (χ1) is 10.4. The Balaban J connectivity index is 1.92. The predicted octanol–water partition coefficient (Wildman–Crippen LogP) is 2.61. The number of amides is 1. The predicted molar refractivity (Wildman–Crippen MR) is 91.5 cm³/mol. The molecule has 0 saturated heterocycles. The molecule has 1 amide bonds. The molecule has 3 nitrogen and oxygen atoms in total. The minimum absolute atomic E-state index is 0.0215. The van der Waals surface area contributed by atoms with Crippen LogP contribution in [0.5, 0.6) is 0 Å². The molecule has 0 aliphatic heterocycles. The summed E-state index contributed by atoms with van der Waals surface area (Å²) >= 11 is 5.99. The summed E-state index contributed by atoms with van der Waals surface area (Å²) in [6.07, 6.45) is 0. The number of hydrogen-bond donors (Lipinski definition) is 2. The molecular formula is C18H22ClN2O+. The molecule has 1 unspecified atom stereocenters. The average Bonchev–Trinajstić information content (AvgIpc) is 2.42. The number of rotatable bonds is 5. The number of anilines is 1. The van der Waals surface area contributed by atoms with Crippen LogP contribution in [-0.2, 0) is 11.3 Å². The highest BCUT2D eigenvalue weighted by atomic mass is 35.5. The topological polar surface area (TPSA) is 33.5 Å². The third-order valence-electron chi connectivity index (χ3n) is 3.52. The highest BCUT2D eigenvalue weighted by Gasteiger charge is 2.12. The van der Waals surface area contributed by atoms with Gasteiger partial charge in [0, 0.05) is 16.3 Å². The van der Waals surface area contributed by atoms with Crippen molar-refractivity contribution in [2.75, 3.05) is 18.9 Å². The van der Waals surface area contributed by atoms with Crippen LogP contribution >= 0.6 is 11.6 Å². The van der Waals surface area contributed by atoms with Gasteiger partial charge in [0.1, 0.15) is 6.54 Å². The number of likely N-dealkylation sites (N-methyl/N-ethyl adjacent to an activating group) is 1. The lowest BCUT2D eigenvalue weighted by Crippen LogP contribution is -3.08. The molecule has 22 heavy (non-hydrogen) atoms. The van der Waals surface area contributed by atoms with Crippen LogP contribution in [0.15, 0.2) is 42.5 Å². The maximum Gasteiger partial charge on any atom is 0.279 e. The Kier molecular flexibility index (Phi) is 5.58. The number of hydrogen-bond acceptors (Lipinski definition) is 1. The van der Waals surface area contributed by atoms with Crippen LogP contribution in [0.2, 0.25) is 5.02 Å². The third-order valence-corrected chi connectivity index (χ3v) is 3.76. The van der Waals surface area contributed by atoms with Gasteiger partial charge in [-0.2, -0.15) is 0 Å². The summed E-state index contributed by atoms with van der Waals surface area (Å²) in [5.41, 5.74) is 4.23. The maximum atomic E-state index is 12.2. The van der Waals surface area contributed by atoms with Crippen LogP contribution in [0.25, 0.3) is 0 Å². The van der Waals surface area contributed by atoms with Crippen molar-refractivity contribution < 1.29 is 9.69 Å². The van der Waals surface area contributed by atoms with Gasteiger partial charge in [-0.15, -0.1) is 0 Å². The lowest BCUT2D eigenvalue weighted by Gasteiger charge is -2.15. The van der Waals surface area contributed by atoms with E-state index in [-0.39, 0.29) is 5.91 Å². The van der Waals surface area contributed by atoms with Gasteiger partial charge >= 0.3 is 0 Å². The molecule has 0 aliphatic rings. The molecule has 4 heteroatoms. The maximum absolute atomic E-state index is 12.2. The number of quaternary nitrogens is 1. The molecular weight excluding hydrogens is 296 g/mol. The fourth-order valence-corrected chi connectivity index (χ4v) is 2.61. The fourth-order valence-electron chi connectivity index (χ4n) is 2.40. The summed E-state index contributed by atoms with van der Waals surface area (Å²) in [4.78, 5) is 13.3. The van der Waals surface area contributed by atoms with Gasteiger partial charge in [-0.25, -0.2) is 0 Å². The lowest BCUT2D eigenvalue weighted by molar-refractivity contribution is -0.885. The number of carbonyl (C=O) groups is 1. The van der Waals surface area contributed by atoms with Gasteiger partial charge < -0.3 is 10.2 Å². The number of halogens is 1. The standard InChI is InChI=1S/C18H21ClN2O/c1-13-7-8-14(2)17(9-13)20-18(22)12-21(3)11-15-5-4-6-16(19)10-15/h4-10H,11-12H2,1-3H3,(H,20,22)/p+1. The van der Waals surface area contributed by atoms with E-state index in [4.69, 9.17) is 11.6 Å². The van der Waals surface area contributed by atoms with E-state index >= 15 is 0 Å². The van der Waals surface area contributed by atoms with E-state index in [2.05, 4.69) is 5.32 Å². The van der Waals surface area contributed by atoms with E-state index < -0.39 is 0 Å². The van der Waals surface area contributed by atoms with Gasteiger partial charge in [0.15, 0.2) is 6.54 Å². The first kappa shape index (κ1) is 16.5. The van der Waals surface area contributed by atoms with Crippen molar-refractivity contribution in [3.63, 3.8) is 0 Å². The summed E-state index contributed by atoms with van der Waals surface area (Å²) in [6.45, 7) is 5.20. The SMILES string of the molecule is Cc1ccc(C)c(NC(=O)C[NH+](C)Cc2cccc(Cl)c2)c1. The highest BCUT2D eigenvalue weighted by Crippen LogP contribution is 2.15. The van der Waals surface area contributed by atoms with E-state index in [1.165, 1.54) is 0 Å². The zero-order valence-electron chi connectivity index (χ0n) is 13.2. The van der Waals surface area contributed by atoms with Crippen molar-refractivity contribution >= 4 is 23.2 Å². The van der Waals surface area contributed by atoms with Gasteiger partial charge in [0.05, 0.1) is 7.05 Å². The summed E-state index contributed by atoms with van der Waals surface area (Å²) in [5.74, 6) is 0.0215. The largest absolute Gasteiger partial charge is 0.326 e. The second-order valence-corrected chi connectivity index (χ2v) is 6.24. The zero-order chi connectivity index (χ0) is 16.1. The van der Waals surface area contributed by atoms with E-state index in [0.717, 1.165) is 38.8 Å². The van der Waals surface area contributed by atoms with Crippen LogP contribution in [0, 0.1) is 13.8 Å². The van der Waals surface area contributed by atoms with Crippen molar-refractivity contribution in [1.82, 2.24) is 0 Å². The molecule has 2 rings (SSSR count). The van der Waals surface area contributed by atoms with Crippen molar-refractivity contribution in [3.05, 3.63) is 64.2 Å². The van der Waals surface area contributed by atoms with Crippen molar-refractivity contribution in [1.29, 1.82) is 0 Å². The Morgan fingerprint density at radius 3 is 2.68 bits per heavy atom. The molecule has 0 aromatic heterocycles. The van der Waals surface area contributed by atoms with E-state index in [1.807, 2.05) is 63.4 Å². The van der Waals surface area contributed by atoms with Gasteiger partial charge in [0.25, 0.3) is 5.91 Å². The summed E-state index contributed by atoms with van der Waals surface area (Å²) in [7, 11) is 2.00. The lowest BCUT2D eigenvalue weighted by atomic mass is 10.1. The van der Waals surface area contributed by atoms with E-state index in [9.17, 15) is 4.79 Å². The molecule has 2 aromatic carbocycles. The zero-order valence-corrected chi connectivity index (χ0v) is 14.0. The minimum Gasteiger partial charge on any atom is -0.326 e. The van der Waals surface area contributed by atoms with Crippen LogP contribution in [-0.4, -0.2) is 19.5 Å². The summed E-state index contributed by atoms with van der Waals surface area (Å²) in [6, 6.07) is 13.8. The van der Waals surface area contributed by atoms with Crippen LogP contribution in [0.3, 0.4) is 0 Å². The molecule has 0 saturated carbocycles. The Hall–Kier alpha value is -1.84. The van der Waals surface area contributed by atoms with Crippen molar-refractivity contribution in [3.8, 4) is 0 Å². The molecule has 2 aromatic rings. The molecule has 0 bridgehead atoms. The molecule has 0 heterocycles. The van der Waals surface area contributed by atoms with Gasteiger partial charge in [-0.1, -0.05) is 35.9 Å². The monoisotopic (exact) mass is 317 g/mol. The number of carbonyl (C=O) groups excluding carboxylic acids is 1. The quantitative estimate of drug-likeness (QED) is 0.873. The van der Waals surface area contributed by atoms with Crippen molar-refractivity contribution in [2.45, 2.75) is 20.4 Å². The Morgan fingerprint density at radius 1 is 1.18 bits per heavy atom. The van der Waals surface area contributed by atoms with E-state index in [1.54, 1.807) is 0 Å². The second kappa shape index (κ2) is 7.43. The summed E-state index contributed by atoms with van der Waals surface area (Å²) < 4.78 is 0. The van der Waals surface area contributed by atoms with Gasteiger partial charge in [-0.05, 0) is 43.2 Å². The molecule has 0 radical (unpaired) electrons. The first-order valence-corrected chi connectivity index (χ1v) is 7.74. The second-order valence-electron chi connectivity index (χ2n) is 5.81. The molecule has 0 spiro atoms. The van der Waals surface area contributed by atoms with Crippen LogP contribution < -0.4 is 10.2 Å². The van der Waals surface area contributed by atoms with Crippen molar-refractivity contribution in [2.24, 2.45) is 0 Å². The highest BCUT2D eigenvalue weighted by molar-refractivity contribution is 6.30. The fraction of sp³-hybridized carbons (Fsp3) is 0.278. The number of aryl methyl sites for hydroxylation is 2. The Morgan fingerprint density at radius 2 is 1.95 bits per heavy atom. The third kappa shape index (κ3) is 4.86. The van der Waals surface area contributed by atoms with Crippen LogP contribution in [0.4, 0.5) is 5.69 Å². The van der Waals surface area contributed by atoms with Crippen LogP contribution in [0.1, 0.15) is 16.7 Å². The first-order valence-electron chi connectivity index (χ1n) is 7.37.